The molecule has 12 heavy (non-hydrogen) atoms. The maximum Gasteiger partial charge on any atom is 0.143 e. The zero-order chi connectivity index (χ0) is 8.55. The van der Waals surface area contributed by atoms with E-state index in [1.165, 1.54) is 24.8 Å². The quantitative estimate of drug-likeness (QED) is 0.729. The summed E-state index contributed by atoms with van der Waals surface area (Å²) in [5, 5.41) is 4.82. The van der Waals surface area contributed by atoms with Crippen LogP contribution in [0, 0.1) is 6.92 Å². The Morgan fingerprint density at radius 2 is 2.33 bits per heavy atom. The highest BCUT2D eigenvalue weighted by Gasteiger charge is 2.26. The maximum atomic E-state index is 5.31. The minimum atomic E-state index is 0.658. The van der Waals surface area contributed by atoms with Gasteiger partial charge in [-0.1, -0.05) is 27.5 Å². The summed E-state index contributed by atoms with van der Waals surface area (Å²) < 4.78 is 5.31. The zero-order valence-electron chi connectivity index (χ0n) is 7.14. The number of hydrogen-bond acceptors (Lipinski definition) is 2. The maximum absolute atomic E-state index is 5.31. The second-order valence-corrected chi connectivity index (χ2v) is 3.94. The molecule has 0 amide bonds. The van der Waals surface area contributed by atoms with Crippen LogP contribution >= 0.6 is 15.9 Å². The third-order valence-electron chi connectivity index (χ3n) is 2.66. The molecule has 1 aromatic heterocycles. The predicted molar refractivity (Wildman–Crippen MR) is 50.5 cm³/mol. The van der Waals surface area contributed by atoms with Crippen LogP contribution in [0.5, 0.6) is 0 Å². The molecule has 1 aromatic rings. The SMILES string of the molecule is Cc1c(CBr)noc1C1CCC1. The third-order valence-corrected chi connectivity index (χ3v) is 3.19. The number of alkyl halides is 1. The van der Waals surface area contributed by atoms with Crippen molar-refractivity contribution in [3.05, 3.63) is 17.0 Å². The van der Waals surface area contributed by atoms with Gasteiger partial charge in [-0.3, -0.25) is 0 Å². The fraction of sp³-hybridized carbons (Fsp3) is 0.667. The molecule has 0 spiro atoms. The molecular formula is C9H12BrNO. The highest BCUT2D eigenvalue weighted by Crippen LogP contribution is 2.38. The molecule has 1 heterocycles. The van der Waals surface area contributed by atoms with E-state index >= 15 is 0 Å². The first-order chi connectivity index (χ1) is 5.83. The summed E-state index contributed by atoms with van der Waals surface area (Å²) in [6, 6.07) is 0. The molecule has 1 aliphatic carbocycles. The average Bonchev–Trinajstić information content (AvgIpc) is 2.30. The molecule has 0 aromatic carbocycles. The van der Waals surface area contributed by atoms with E-state index in [0.717, 1.165) is 16.8 Å². The molecule has 2 nitrogen and oxygen atoms in total. The molecule has 3 heteroatoms. The van der Waals surface area contributed by atoms with Gasteiger partial charge >= 0.3 is 0 Å². The normalized spacial score (nSPS) is 17.8. The topological polar surface area (TPSA) is 26.0 Å². The van der Waals surface area contributed by atoms with E-state index in [4.69, 9.17) is 4.52 Å². The lowest BCUT2D eigenvalue weighted by Gasteiger charge is -2.22. The van der Waals surface area contributed by atoms with Crippen molar-refractivity contribution in [1.82, 2.24) is 5.16 Å². The summed E-state index contributed by atoms with van der Waals surface area (Å²) in [7, 11) is 0. The van der Waals surface area contributed by atoms with Crippen LogP contribution in [0.2, 0.25) is 0 Å². The van der Waals surface area contributed by atoms with Crippen molar-refractivity contribution in [2.45, 2.75) is 37.4 Å². The summed E-state index contributed by atoms with van der Waals surface area (Å²) in [6.45, 7) is 2.10. The number of aromatic nitrogens is 1. The van der Waals surface area contributed by atoms with Crippen molar-refractivity contribution < 1.29 is 4.52 Å². The first-order valence-corrected chi connectivity index (χ1v) is 5.46. The van der Waals surface area contributed by atoms with Crippen LogP contribution < -0.4 is 0 Å². The number of nitrogens with zero attached hydrogens (tertiary/aromatic N) is 1. The number of hydrogen-bond donors (Lipinski definition) is 0. The second-order valence-electron chi connectivity index (χ2n) is 3.38. The minimum absolute atomic E-state index is 0.658. The molecule has 2 rings (SSSR count). The van der Waals surface area contributed by atoms with Crippen LogP contribution in [0.4, 0.5) is 0 Å². The van der Waals surface area contributed by atoms with Crippen LogP contribution in [-0.2, 0) is 5.33 Å². The fourth-order valence-corrected chi connectivity index (χ4v) is 2.08. The Morgan fingerprint density at radius 3 is 2.75 bits per heavy atom. The first kappa shape index (κ1) is 8.30. The molecule has 1 aliphatic rings. The smallest absolute Gasteiger partial charge is 0.143 e. The number of halogens is 1. The van der Waals surface area contributed by atoms with E-state index in [9.17, 15) is 0 Å². The zero-order valence-corrected chi connectivity index (χ0v) is 8.73. The van der Waals surface area contributed by atoms with E-state index in [1.807, 2.05) is 0 Å². The molecule has 0 radical (unpaired) electrons. The van der Waals surface area contributed by atoms with Gasteiger partial charge in [0.15, 0.2) is 0 Å². The molecule has 66 valence electrons. The lowest BCUT2D eigenvalue weighted by atomic mass is 9.82. The van der Waals surface area contributed by atoms with Gasteiger partial charge in [0.05, 0.1) is 5.69 Å². The summed E-state index contributed by atoms with van der Waals surface area (Å²) in [5.74, 6) is 1.78. The van der Waals surface area contributed by atoms with Gasteiger partial charge < -0.3 is 4.52 Å². The van der Waals surface area contributed by atoms with Gasteiger partial charge in [-0.25, -0.2) is 0 Å². The van der Waals surface area contributed by atoms with Gasteiger partial charge in [-0.2, -0.15) is 0 Å². The van der Waals surface area contributed by atoms with E-state index in [-0.39, 0.29) is 0 Å². The van der Waals surface area contributed by atoms with Crippen molar-refractivity contribution >= 4 is 15.9 Å². The van der Waals surface area contributed by atoms with E-state index < -0.39 is 0 Å². The molecule has 0 unspecified atom stereocenters. The summed E-state index contributed by atoms with van der Waals surface area (Å²) >= 11 is 3.39. The largest absolute Gasteiger partial charge is 0.361 e. The van der Waals surface area contributed by atoms with Gasteiger partial charge in [-0.05, 0) is 19.8 Å². The van der Waals surface area contributed by atoms with Crippen molar-refractivity contribution in [3.8, 4) is 0 Å². The summed E-state index contributed by atoms with van der Waals surface area (Å²) in [5.41, 5.74) is 2.30. The fourth-order valence-electron chi connectivity index (χ4n) is 1.56. The van der Waals surface area contributed by atoms with Gasteiger partial charge in [-0.15, -0.1) is 0 Å². The third kappa shape index (κ3) is 1.20. The highest BCUT2D eigenvalue weighted by molar-refractivity contribution is 9.08. The minimum Gasteiger partial charge on any atom is -0.361 e. The lowest BCUT2D eigenvalue weighted by molar-refractivity contribution is 0.298. The van der Waals surface area contributed by atoms with Crippen LogP contribution in [0.3, 0.4) is 0 Å². The van der Waals surface area contributed by atoms with Crippen LogP contribution in [0.25, 0.3) is 0 Å². The Kier molecular flexibility index (Phi) is 2.22. The van der Waals surface area contributed by atoms with Gasteiger partial charge in [0.2, 0.25) is 0 Å². The molecule has 1 saturated carbocycles. The van der Waals surface area contributed by atoms with Gasteiger partial charge in [0, 0.05) is 16.8 Å². The van der Waals surface area contributed by atoms with Gasteiger partial charge in [0.25, 0.3) is 0 Å². The average molecular weight is 230 g/mol. The summed E-state index contributed by atoms with van der Waals surface area (Å²) in [4.78, 5) is 0. The molecular weight excluding hydrogens is 218 g/mol. The number of rotatable bonds is 2. The first-order valence-electron chi connectivity index (χ1n) is 4.34. The molecule has 0 N–H and O–H groups in total. The Balaban J connectivity index is 2.25. The van der Waals surface area contributed by atoms with Crippen molar-refractivity contribution in [1.29, 1.82) is 0 Å². The molecule has 1 fully saturated rings. The van der Waals surface area contributed by atoms with Crippen molar-refractivity contribution in [2.24, 2.45) is 0 Å². The monoisotopic (exact) mass is 229 g/mol. The van der Waals surface area contributed by atoms with Crippen molar-refractivity contribution in [3.63, 3.8) is 0 Å². The molecule has 0 bridgehead atoms. The van der Waals surface area contributed by atoms with Crippen LogP contribution in [-0.4, -0.2) is 5.16 Å². The standard InChI is InChI=1S/C9H12BrNO/c1-6-8(5-10)11-12-9(6)7-3-2-4-7/h7H,2-5H2,1H3. The Labute approximate surface area is 80.4 Å². The van der Waals surface area contributed by atoms with Crippen LogP contribution in [0.15, 0.2) is 4.52 Å². The van der Waals surface area contributed by atoms with Crippen LogP contribution in [0.1, 0.15) is 42.2 Å². The lowest BCUT2D eigenvalue weighted by Crippen LogP contribution is -2.08. The molecule has 0 saturated heterocycles. The Bertz CT molecular complexity index is 278. The predicted octanol–water partition coefficient (Wildman–Crippen LogP) is 3.15. The van der Waals surface area contributed by atoms with Gasteiger partial charge in [0.1, 0.15) is 5.76 Å². The second kappa shape index (κ2) is 3.21. The van der Waals surface area contributed by atoms with E-state index in [1.54, 1.807) is 0 Å². The van der Waals surface area contributed by atoms with E-state index in [0.29, 0.717) is 5.92 Å². The molecule has 0 aliphatic heterocycles. The summed E-state index contributed by atoms with van der Waals surface area (Å²) in [6.07, 6.45) is 3.89. The Morgan fingerprint density at radius 1 is 1.58 bits per heavy atom. The van der Waals surface area contributed by atoms with E-state index in [2.05, 4.69) is 28.0 Å². The van der Waals surface area contributed by atoms with Crippen molar-refractivity contribution in [2.75, 3.05) is 0 Å². The Hall–Kier alpha value is -0.310. The highest BCUT2D eigenvalue weighted by atomic mass is 79.9. The molecule has 0 atom stereocenters.